The van der Waals surface area contributed by atoms with Gasteiger partial charge >= 0.3 is 0 Å². The van der Waals surface area contributed by atoms with Crippen LogP contribution < -0.4 is 15.0 Å². The number of methoxy groups -OCH3 is 2. The quantitative estimate of drug-likeness (QED) is 0.688. The van der Waals surface area contributed by atoms with Crippen LogP contribution in [-0.2, 0) is 7.05 Å². The highest BCUT2D eigenvalue weighted by molar-refractivity contribution is 6.08. The first-order valence-electron chi connectivity index (χ1n) is 7.29. The van der Waals surface area contributed by atoms with Crippen LogP contribution in [0.5, 0.6) is 11.5 Å². The molecular weight excluding hydrogens is 308 g/mol. The summed E-state index contributed by atoms with van der Waals surface area (Å²) in [6.45, 7) is 0. The van der Waals surface area contributed by atoms with Crippen LogP contribution >= 0.6 is 0 Å². The molecule has 2 aromatic carbocycles. The number of aryl methyl sites for hydroxylation is 1. The molecule has 0 aliphatic carbocycles. The van der Waals surface area contributed by atoms with Gasteiger partial charge in [-0.25, -0.2) is 4.98 Å². The maximum atomic E-state index is 12.8. The summed E-state index contributed by atoms with van der Waals surface area (Å²) in [6, 6.07) is 11.9. The molecule has 0 N–H and O–H groups in total. The van der Waals surface area contributed by atoms with Crippen molar-refractivity contribution in [1.82, 2.24) is 9.55 Å². The minimum absolute atomic E-state index is 0.122. The Morgan fingerprint density at radius 2 is 1.75 bits per heavy atom. The number of ether oxygens (including phenoxy) is 2. The molecule has 0 saturated carbocycles. The van der Waals surface area contributed by atoms with Gasteiger partial charge in [-0.2, -0.15) is 0 Å². The van der Waals surface area contributed by atoms with Gasteiger partial charge in [0.25, 0.3) is 5.56 Å². The standard InChI is InChI=1S/C18H16N2O4/c1-20-13-7-5-4-6-12(13)19-16(18(20)22)17(21)11-8-9-14(23-2)15(10-11)24-3/h4-10H,1-3H3. The molecule has 122 valence electrons. The Bertz CT molecular complexity index is 992. The number of hydrogen-bond acceptors (Lipinski definition) is 5. The second kappa shape index (κ2) is 6.16. The van der Waals surface area contributed by atoms with E-state index < -0.39 is 11.3 Å². The molecule has 0 saturated heterocycles. The molecular formula is C18H16N2O4. The minimum Gasteiger partial charge on any atom is -0.493 e. The molecule has 0 bridgehead atoms. The highest BCUT2D eigenvalue weighted by Gasteiger charge is 2.19. The number of para-hydroxylation sites is 2. The van der Waals surface area contributed by atoms with Crippen molar-refractivity contribution in [2.75, 3.05) is 14.2 Å². The molecule has 0 radical (unpaired) electrons. The summed E-state index contributed by atoms with van der Waals surface area (Å²) in [5.74, 6) is 0.469. The first kappa shape index (κ1) is 15.7. The molecule has 0 aliphatic rings. The summed E-state index contributed by atoms with van der Waals surface area (Å²) in [4.78, 5) is 29.5. The van der Waals surface area contributed by atoms with Gasteiger partial charge in [0.2, 0.25) is 5.78 Å². The van der Waals surface area contributed by atoms with E-state index in [1.165, 1.54) is 24.9 Å². The zero-order chi connectivity index (χ0) is 17.3. The maximum Gasteiger partial charge on any atom is 0.280 e. The fourth-order valence-electron chi connectivity index (χ4n) is 2.54. The van der Waals surface area contributed by atoms with Gasteiger partial charge in [0.1, 0.15) is 0 Å². The summed E-state index contributed by atoms with van der Waals surface area (Å²) in [7, 11) is 4.62. The van der Waals surface area contributed by atoms with Gasteiger partial charge in [0, 0.05) is 12.6 Å². The lowest BCUT2D eigenvalue weighted by Gasteiger charge is -2.10. The lowest BCUT2D eigenvalue weighted by molar-refractivity contribution is 0.103. The van der Waals surface area contributed by atoms with Crippen molar-refractivity contribution in [3.05, 3.63) is 64.1 Å². The number of carbonyl (C=O) groups excluding carboxylic acids is 1. The van der Waals surface area contributed by atoms with Crippen molar-refractivity contribution in [3.63, 3.8) is 0 Å². The topological polar surface area (TPSA) is 70.4 Å². The largest absolute Gasteiger partial charge is 0.493 e. The Hall–Kier alpha value is -3.15. The lowest BCUT2D eigenvalue weighted by atomic mass is 10.1. The summed E-state index contributed by atoms with van der Waals surface area (Å²) in [5, 5.41) is 0. The number of fused-ring (bicyclic) bond motifs is 1. The van der Waals surface area contributed by atoms with Gasteiger partial charge in [-0.05, 0) is 30.3 Å². The maximum absolute atomic E-state index is 12.8. The molecule has 6 nitrogen and oxygen atoms in total. The zero-order valence-electron chi connectivity index (χ0n) is 13.6. The predicted molar refractivity (Wildman–Crippen MR) is 90.0 cm³/mol. The average molecular weight is 324 g/mol. The van der Waals surface area contributed by atoms with Crippen molar-refractivity contribution in [3.8, 4) is 11.5 Å². The van der Waals surface area contributed by atoms with Crippen LogP contribution in [0.3, 0.4) is 0 Å². The molecule has 1 aromatic heterocycles. The molecule has 0 atom stereocenters. The third-order valence-electron chi connectivity index (χ3n) is 3.84. The monoisotopic (exact) mass is 324 g/mol. The molecule has 3 rings (SSSR count). The van der Waals surface area contributed by atoms with Crippen LogP contribution in [0.15, 0.2) is 47.3 Å². The number of ketones is 1. The second-order valence-electron chi connectivity index (χ2n) is 5.21. The minimum atomic E-state index is -0.456. The van der Waals surface area contributed by atoms with E-state index in [2.05, 4.69) is 4.98 Å². The molecule has 0 amide bonds. The van der Waals surface area contributed by atoms with Crippen molar-refractivity contribution >= 4 is 16.8 Å². The molecule has 24 heavy (non-hydrogen) atoms. The van der Waals surface area contributed by atoms with E-state index in [1.54, 1.807) is 31.3 Å². The van der Waals surface area contributed by atoms with Crippen molar-refractivity contribution in [2.45, 2.75) is 0 Å². The number of carbonyl (C=O) groups is 1. The predicted octanol–water partition coefficient (Wildman–Crippen LogP) is 2.18. The molecule has 0 spiro atoms. The molecule has 0 unspecified atom stereocenters. The SMILES string of the molecule is COc1ccc(C(=O)c2nc3ccccc3n(C)c2=O)cc1OC. The number of rotatable bonds is 4. The first-order valence-corrected chi connectivity index (χ1v) is 7.29. The summed E-state index contributed by atoms with van der Waals surface area (Å²) >= 11 is 0. The molecule has 1 heterocycles. The van der Waals surface area contributed by atoms with Crippen molar-refractivity contribution in [1.29, 1.82) is 0 Å². The number of hydrogen-bond donors (Lipinski definition) is 0. The summed E-state index contributed by atoms with van der Waals surface area (Å²) < 4.78 is 11.8. The second-order valence-corrected chi connectivity index (χ2v) is 5.21. The fourth-order valence-corrected chi connectivity index (χ4v) is 2.54. The smallest absolute Gasteiger partial charge is 0.280 e. The summed E-state index contributed by atoms with van der Waals surface area (Å²) in [6.07, 6.45) is 0. The van der Waals surface area contributed by atoms with Crippen LogP contribution in [0.2, 0.25) is 0 Å². The highest BCUT2D eigenvalue weighted by Crippen LogP contribution is 2.28. The van der Waals surface area contributed by atoms with Crippen LogP contribution in [0.4, 0.5) is 0 Å². The third-order valence-corrected chi connectivity index (χ3v) is 3.84. The van der Waals surface area contributed by atoms with E-state index in [0.29, 0.717) is 28.1 Å². The van der Waals surface area contributed by atoms with Crippen LogP contribution in [0.25, 0.3) is 11.0 Å². The van der Waals surface area contributed by atoms with Gasteiger partial charge < -0.3 is 14.0 Å². The van der Waals surface area contributed by atoms with Crippen LogP contribution in [-0.4, -0.2) is 29.6 Å². The fraction of sp³-hybridized carbons (Fsp3) is 0.167. The van der Waals surface area contributed by atoms with E-state index in [0.717, 1.165) is 0 Å². The Morgan fingerprint density at radius 1 is 1.04 bits per heavy atom. The van der Waals surface area contributed by atoms with Crippen molar-refractivity contribution in [2.24, 2.45) is 7.05 Å². The molecule has 0 fully saturated rings. The number of benzene rings is 2. The van der Waals surface area contributed by atoms with Gasteiger partial charge in [-0.15, -0.1) is 0 Å². The van der Waals surface area contributed by atoms with Crippen LogP contribution in [0.1, 0.15) is 16.1 Å². The van der Waals surface area contributed by atoms with Gasteiger partial charge in [0.05, 0.1) is 25.3 Å². The average Bonchev–Trinajstić information content (AvgIpc) is 2.63. The highest BCUT2D eigenvalue weighted by atomic mass is 16.5. The van der Waals surface area contributed by atoms with Gasteiger partial charge in [-0.1, -0.05) is 12.1 Å². The van der Waals surface area contributed by atoms with Gasteiger partial charge in [0.15, 0.2) is 17.2 Å². The number of aromatic nitrogens is 2. The lowest BCUT2D eigenvalue weighted by Crippen LogP contribution is -2.27. The Labute approximate surface area is 138 Å². The molecule has 0 aliphatic heterocycles. The first-order chi connectivity index (χ1) is 11.6. The van der Waals surface area contributed by atoms with Crippen molar-refractivity contribution < 1.29 is 14.3 Å². The molecule has 6 heteroatoms. The van der Waals surface area contributed by atoms with E-state index in [-0.39, 0.29) is 5.69 Å². The Kier molecular flexibility index (Phi) is 4.04. The van der Waals surface area contributed by atoms with E-state index in [9.17, 15) is 9.59 Å². The van der Waals surface area contributed by atoms with Gasteiger partial charge in [-0.3, -0.25) is 9.59 Å². The van der Waals surface area contributed by atoms with E-state index >= 15 is 0 Å². The zero-order valence-corrected chi connectivity index (χ0v) is 13.6. The van der Waals surface area contributed by atoms with E-state index in [4.69, 9.17) is 9.47 Å². The summed E-state index contributed by atoms with van der Waals surface area (Å²) in [5.41, 5.74) is 1.01. The molecule has 3 aromatic rings. The van der Waals surface area contributed by atoms with E-state index in [1.807, 2.05) is 12.1 Å². The number of nitrogens with zero attached hydrogens (tertiary/aromatic N) is 2. The Morgan fingerprint density at radius 3 is 2.46 bits per heavy atom. The van der Waals surface area contributed by atoms with Crippen LogP contribution in [0, 0.1) is 0 Å². The third kappa shape index (κ3) is 2.52. The Balaban J connectivity index is 2.16. The normalized spacial score (nSPS) is 10.6.